The van der Waals surface area contributed by atoms with E-state index in [0.29, 0.717) is 12.2 Å². The summed E-state index contributed by atoms with van der Waals surface area (Å²) in [6.45, 7) is 5.50. The van der Waals surface area contributed by atoms with E-state index in [0.717, 1.165) is 5.56 Å². The molecular formula is C13H18N4O2. The van der Waals surface area contributed by atoms with Gasteiger partial charge in [-0.05, 0) is 31.9 Å². The number of aromatic nitrogens is 4. The molecule has 2 heterocycles. The highest BCUT2D eigenvalue weighted by Gasteiger charge is 2.20. The van der Waals surface area contributed by atoms with Crippen LogP contribution in [0.2, 0.25) is 0 Å². The summed E-state index contributed by atoms with van der Waals surface area (Å²) in [4.78, 5) is 16.5. The maximum absolute atomic E-state index is 12.3. The van der Waals surface area contributed by atoms with E-state index in [9.17, 15) is 9.90 Å². The molecule has 2 aromatic rings. The van der Waals surface area contributed by atoms with Gasteiger partial charge in [-0.3, -0.25) is 0 Å². The largest absolute Gasteiger partial charge is 0.391 e. The highest BCUT2D eigenvalue weighted by molar-refractivity contribution is 5.24. The first kappa shape index (κ1) is 13.5. The minimum absolute atomic E-state index is 0.288. The molecule has 0 bridgehead atoms. The van der Waals surface area contributed by atoms with Crippen LogP contribution in [-0.4, -0.2) is 30.5 Å². The molecule has 0 aliphatic carbocycles. The Balaban J connectivity index is 2.43. The molecule has 0 amide bonds. The number of rotatable bonds is 4. The Morgan fingerprint density at radius 2 is 2.16 bits per heavy atom. The van der Waals surface area contributed by atoms with Crippen LogP contribution in [0.4, 0.5) is 0 Å². The molecular weight excluding hydrogens is 244 g/mol. The Bertz CT molecular complexity index is 598. The van der Waals surface area contributed by atoms with Crippen molar-refractivity contribution in [3.8, 4) is 5.82 Å². The molecule has 6 heteroatoms. The van der Waals surface area contributed by atoms with Crippen molar-refractivity contribution >= 4 is 0 Å². The highest BCUT2D eigenvalue weighted by Crippen LogP contribution is 2.12. The summed E-state index contributed by atoms with van der Waals surface area (Å²) in [5.74, 6) is 0.530. The van der Waals surface area contributed by atoms with Crippen molar-refractivity contribution in [1.29, 1.82) is 0 Å². The van der Waals surface area contributed by atoms with Crippen LogP contribution in [0.5, 0.6) is 0 Å². The third kappa shape index (κ3) is 2.58. The minimum atomic E-state index is -0.628. The predicted molar refractivity (Wildman–Crippen MR) is 71.4 cm³/mol. The normalized spacial score (nSPS) is 14.3. The smallest absolute Gasteiger partial charge is 0.351 e. The van der Waals surface area contributed by atoms with Gasteiger partial charge in [0.25, 0.3) is 0 Å². The number of hydrogen-bond acceptors (Lipinski definition) is 4. The molecule has 0 aliphatic rings. The zero-order valence-electron chi connectivity index (χ0n) is 11.3. The molecule has 19 heavy (non-hydrogen) atoms. The van der Waals surface area contributed by atoms with Gasteiger partial charge >= 0.3 is 5.69 Å². The summed E-state index contributed by atoms with van der Waals surface area (Å²) in [6, 6.07) is 3.34. The second-order valence-corrected chi connectivity index (χ2v) is 4.64. The summed E-state index contributed by atoms with van der Waals surface area (Å²) >= 11 is 0. The molecule has 6 nitrogen and oxygen atoms in total. The zero-order valence-corrected chi connectivity index (χ0v) is 11.3. The van der Waals surface area contributed by atoms with Gasteiger partial charge in [0.15, 0.2) is 0 Å². The fraction of sp³-hybridized carbons (Fsp3) is 0.462. The van der Waals surface area contributed by atoms with Crippen LogP contribution in [0.3, 0.4) is 0 Å². The number of aryl methyl sites for hydroxylation is 1. The predicted octanol–water partition coefficient (Wildman–Crippen LogP) is 1.07. The van der Waals surface area contributed by atoms with Gasteiger partial charge in [-0.1, -0.05) is 13.0 Å². The average molecular weight is 262 g/mol. The van der Waals surface area contributed by atoms with Crippen LogP contribution >= 0.6 is 0 Å². The molecule has 102 valence electrons. The lowest BCUT2D eigenvalue weighted by atomic mass is 10.1. The second kappa shape index (κ2) is 5.36. The van der Waals surface area contributed by atoms with Crippen LogP contribution in [-0.2, 0) is 0 Å². The molecule has 0 radical (unpaired) electrons. The number of hydrogen-bond donors (Lipinski definition) is 1. The van der Waals surface area contributed by atoms with Crippen molar-refractivity contribution in [2.24, 2.45) is 0 Å². The molecule has 0 spiro atoms. The topological polar surface area (TPSA) is 72.9 Å². The van der Waals surface area contributed by atoms with Crippen molar-refractivity contribution in [2.45, 2.75) is 39.3 Å². The van der Waals surface area contributed by atoms with Crippen molar-refractivity contribution in [3.63, 3.8) is 0 Å². The second-order valence-electron chi connectivity index (χ2n) is 4.64. The lowest BCUT2D eigenvalue weighted by Crippen LogP contribution is -2.32. The van der Waals surface area contributed by atoms with Crippen molar-refractivity contribution in [3.05, 3.63) is 40.7 Å². The Kier molecular flexibility index (Phi) is 3.80. The maximum atomic E-state index is 12.3. The van der Waals surface area contributed by atoms with E-state index in [4.69, 9.17) is 0 Å². The number of pyridine rings is 1. The monoisotopic (exact) mass is 262 g/mol. The Labute approximate surface area is 111 Å². The summed E-state index contributed by atoms with van der Waals surface area (Å²) < 4.78 is 2.69. The van der Waals surface area contributed by atoms with Crippen LogP contribution < -0.4 is 5.69 Å². The standard InChI is InChI=1S/C13H18N4O2/c1-4-11(10(3)18)17-13(19)16(8-15-17)12-6-5-9(2)7-14-12/h5-8,10-11,18H,4H2,1-3H3/t10-,11+/m1/s1. The molecule has 1 N–H and O–H groups in total. The van der Waals surface area contributed by atoms with Crippen LogP contribution in [0.1, 0.15) is 31.9 Å². The van der Waals surface area contributed by atoms with Gasteiger partial charge in [-0.25, -0.2) is 19.0 Å². The van der Waals surface area contributed by atoms with Crippen LogP contribution in [0, 0.1) is 6.92 Å². The quantitative estimate of drug-likeness (QED) is 0.894. The van der Waals surface area contributed by atoms with E-state index in [1.54, 1.807) is 19.2 Å². The van der Waals surface area contributed by atoms with E-state index in [1.807, 2.05) is 19.9 Å². The van der Waals surface area contributed by atoms with Crippen molar-refractivity contribution in [2.75, 3.05) is 0 Å². The summed E-state index contributed by atoms with van der Waals surface area (Å²) in [5, 5.41) is 13.8. The first-order valence-electron chi connectivity index (χ1n) is 6.31. The van der Waals surface area contributed by atoms with Gasteiger partial charge in [-0.2, -0.15) is 5.10 Å². The first-order chi connectivity index (χ1) is 9.04. The van der Waals surface area contributed by atoms with E-state index < -0.39 is 6.10 Å². The van der Waals surface area contributed by atoms with Gasteiger partial charge in [0.1, 0.15) is 12.1 Å². The van der Waals surface area contributed by atoms with Gasteiger partial charge in [0, 0.05) is 6.20 Å². The number of aliphatic hydroxyl groups is 1. The lowest BCUT2D eigenvalue weighted by molar-refractivity contribution is 0.118. The zero-order chi connectivity index (χ0) is 14.0. The third-order valence-corrected chi connectivity index (χ3v) is 3.13. The van der Waals surface area contributed by atoms with E-state index in [1.165, 1.54) is 15.6 Å². The molecule has 2 atom stereocenters. The SMILES string of the molecule is CC[C@@H]([C@@H](C)O)n1ncn(-c2ccc(C)cn2)c1=O. The van der Waals surface area contributed by atoms with Crippen molar-refractivity contribution in [1.82, 2.24) is 19.3 Å². The Morgan fingerprint density at radius 3 is 2.68 bits per heavy atom. The van der Waals surface area contributed by atoms with E-state index in [2.05, 4.69) is 10.1 Å². The maximum Gasteiger partial charge on any atom is 0.351 e. The van der Waals surface area contributed by atoms with E-state index in [-0.39, 0.29) is 11.7 Å². The first-order valence-corrected chi connectivity index (χ1v) is 6.31. The summed E-state index contributed by atoms with van der Waals surface area (Å²) in [5.41, 5.74) is 0.740. The van der Waals surface area contributed by atoms with Gasteiger partial charge in [-0.15, -0.1) is 0 Å². The van der Waals surface area contributed by atoms with Gasteiger partial charge in [0.2, 0.25) is 0 Å². The Hall–Kier alpha value is -1.95. The Morgan fingerprint density at radius 1 is 1.42 bits per heavy atom. The number of nitrogens with zero attached hydrogens (tertiary/aromatic N) is 4. The van der Waals surface area contributed by atoms with Gasteiger partial charge in [0.05, 0.1) is 12.1 Å². The fourth-order valence-corrected chi connectivity index (χ4v) is 2.02. The fourth-order valence-electron chi connectivity index (χ4n) is 2.02. The third-order valence-electron chi connectivity index (χ3n) is 3.13. The highest BCUT2D eigenvalue weighted by atomic mass is 16.3. The lowest BCUT2D eigenvalue weighted by Gasteiger charge is -2.16. The van der Waals surface area contributed by atoms with Crippen LogP contribution in [0.25, 0.3) is 5.82 Å². The number of aliphatic hydroxyl groups excluding tert-OH is 1. The molecule has 0 saturated carbocycles. The molecule has 0 fully saturated rings. The average Bonchev–Trinajstić information content (AvgIpc) is 2.73. The molecule has 0 aliphatic heterocycles. The van der Waals surface area contributed by atoms with Crippen LogP contribution in [0.15, 0.2) is 29.5 Å². The molecule has 0 unspecified atom stereocenters. The minimum Gasteiger partial charge on any atom is -0.391 e. The molecule has 0 aromatic carbocycles. The summed E-state index contributed by atoms with van der Waals surface area (Å²) in [7, 11) is 0. The molecule has 0 saturated heterocycles. The summed E-state index contributed by atoms with van der Waals surface area (Å²) in [6.07, 6.45) is 3.14. The van der Waals surface area contributed by atoms with Gasteiger partial charge < -0.3 is 5.11 Å². The molecule has 2 rings (SSSR count). The van der Waals surface area contributed by atoms with E-state index >= 15 is 0 Å². The van der Waals surface area contributed by atoms with Crippen molar-refractivity contribution < 1.29 is 5.11 Å². The molecule has 2 aromatic heterocycles.